The highest BCUT2D eigenvalue weighted by Crippen LogP contribution is 2.28. The molecule has 0 aliphatic heterocycles. The Kier molecular flexibility index (Phi) is 6.50. The van der Waals surface area contributed by atoms with E-state index < -0.39 is 0 Å². The van der Waals surface area contributed by atoms with Gasteiger partial charge >= 0.3 is 0 Å². The van der Waals surface area contributed by atoms with Gasteiger partial charge in [0.25, 0.3) is 0 Å². The zero-order valence-corrected chi connectivity index (χ0v) is 12.5. The largest absolute Gasteiger partial charge is 0.315 e. The van der Waals surface area contributed by atoms with E-state index in [-0.39, 0.29) is 0 Å². The lowest BCUT2D eigenvalue weighted by Gasteiger charge is -2.32. The lowest BCUT2D eigenvalue weighted by molar-refractivity contribution is 0.185. The molecule has 2 nitrogen and oxygen atoms in total. The normalized spacial score (nSPS) is 21.4. The monoisotopic (exact) mass is 240 g/mol. The van der Waals surface area contributed by atoms with Gasteiger partial charge in [-0.1, -0.05) is 26.7 Å². The van der Waals surface area contributed by atoms with Crippen molar-refractivity contribution < 1.29 is 0 Å². The number of rotatable bonds is 7. The summed E-state index contributed by atoms with van der Waals surface area (Å²) in [5, 5.41) is 3.54. The van der Waals surface area contributed by atoms with E-state index in [0.717, 1.165) is 11.8 Å². The third kappa shape index (κ3) is 4.97. The Morgan fingerprint density at radius 1 is 1.18 bits per heavy atom. The van der Waals surface area contributed by atoms with E-state index in [9.17, 15) is 0 Å². The fraction of sp³-hybridized carbons (Fsp3) is 1.00. The van der Waals surface area contributed by atoms with Gasteiger partial charge in [0.1, 0.15) is 0 Å². The maximum absolute atomic E-state index is 3.54. The van der Waals surface area contributed by atoms with Crippen molar-refractivity contribution in [2.45, 2.75) is 65.0 Å². The van der Waals surface area contributed by atoms with Crippen LogP contribution in [0.5, 0.6) is 0 Å². The van der Waals surface area contributed by atoms with Gasteiger partial charge in [-0.2, -0.15) is 0 Å². The van der Waals surface area contributed by atoms with E-state index in [0.29, 0.717) is 12.1 Å². The van der Waals surface area contributed by atoms with Gasteiger partial charge in [0.2, 0.25) is 0 Å². The quantitative estimate of drug-likeness (QED) is 0.735. The van der Waals surface area contributed by atoms with Crippen LogP contribution in [0.3, 0.4) is 0 Å². The highest BCUT2D eigenvalue weighted by Gasteiger charge is 2.25. The average molecular weight is 240 g/mol. The predicted octanol–water partition coefficient (Wildman–Crippen LogP) is 3.13. The van der Waals surface area contributed by atoms with E-state index in [2.05, 4.69) is 45.1 Å². The van der Waals surface area contributed by atoms with Gasteiger partial charge in [0, 0.05) is 18.6 Å². The minimum absolute atomic E-state index is 0.692. The zero-order valence-electron chi connectivity index (χ0n) is 12.5. The molecule has 0 bridgehead atoms. The molecular weight excluding hydrogens is 208 g/mol. The molecule has 1 N–H and O–H groups in total. The first-order valence-electron chi connectivity index (χ1n) is 7.42. The number of hydrogen-bond donors (Lipinski definition) is 1. The summed E-state index contributed by atoms with van der Waals surface area (Å²) in [6.45, 7) is 8.20. The van der Waals surface area contributed by atoms with E-state index in [4.69, 9.17) is 0 Å². The van der Waals surface area contributed by atoms with E-state index >= 15 is 0 Å². The molecule has 0 heterocycles. The molecule has 102 valence electrons. The third-order valence-electron chi connectivity index (χ3n) is 4.39. The molecule has 0 aromatic rings. The summed E-state index contributed by atoms with van der Waals surface area (Å²) in [6.07, 6.45) is 7.04. The molecule has 0 aromatic carbocycles. The Labute approximate surface area is 108 Å². The standard InChI is InChI=1S/C15H32N2/c1-12(2)10-13(3)17(5)11-15(16-4)14-8-6-7-9-14/h12-16H,6-11H2,1-5H3. The number of hydrogen-bond acceptors (Lipinski definition) is 2. The Balaban J connectivity index is 2.38. The van der Waals surface area contributed by atoms with Crippen molar-refractivity contribution >= 4 is 0 Å². The van der Waals surface area contributed by atoms with Crippen molar-refractivity contribution in [1.29, 1.82) is 0 Å². The van der Waals surface area contributed by atoms with Crippen LogP contribution in [0.2, 0.25) is 0 Å². The predicted molar refractivity (Wildman–Crippen MR) is 76.4 cm³/mol. The van der Waals surface area contributed by atoms with Crippen LogP contribution in [0.25, 0.3) is 0 Å². The van der Waals surface area contributed by atoms with Gasteiger partial charge in [-0.25, -0.2) is 0 Å². The van der Waals surface area contributed by atoms with Crippen LogP contribution in [-0.4, -0.2) is 37.6 Å². The summed E-state index contributed by atoms with van der Waals surface area (Å²) in [6, 6.07) is 1.39. The molecule has 17 heavy (non-hydrogen) atoms. The molecule has 0 radical (unpaired) electrons. The van der Waals surface area contributed by atoms with Crippen LogP contribution in [-0.2, 0) is 0 Å². The fourth-order valence-electron chi connectivity index (χ4n) is 3.19. The van der Waals surface area contributed by atoms with Crippen LogP contribution in [0, 0.1) is 11.8 Å². The Morgan fingerprint density at radius 2 is 1.76 bits per heavy atom. The summed E-state index contributed by atoms with van der Waals surface area (Å²) in [5.74, 6) is 1.71. The molecule has 2 unspecified atom stereocenters. The molecule has 2 heteroatoms. The van der Waals surface area contributed by atoms with E-state index in [1.807, 2.05) is 0 Å². The van der Waals surface area contributed by atoms with E-state index in [1.165, 1.54) is 38.6 Å². The maximum atomic E-state index is 3.54. The molecule has 0 spiro atoms. The first kappa shape index (κ1) is 15.0. The second-order valence-electron chi connectivity index (χ2n) is 6.36. The van der Waals surface area contributed by atoms with Crippen LogP contribution < -0.4 is 5.32 Å². The first-order chi connectivity index (χ1) is 8.04. The molecule has 0 saturated heterocycles. The Bertz CT molecular complexity index is 197. The van der Waals surface area contributed by atoms with Crippen LogP contribution in [0.4, 0.5) is 0 Å². The SMILES string of the molecule is CNC(CN(C)C(C)CC(C)C)C1CCCC1. The second kappa shape index (κ2) is 7.38. The molecule has 2 atom stereocenters. The van der Waals surface area contributed by atoms with Gasteiger partial charge in [-0.15, -0.1) is 0 Å². The highest BCUT2D eigenvalue weighted by atomic mass is 15.1. The van der Waals surface area contributed by atoms with Crippen LogP contribution in [0.1, 0.15) is 52.9 Å². The third-order valence-corrected chi connectivity index (χ3v) is 4.39. The summed E-state index contributed by atoms with van der Waals surface area (Å²) in [5.41, 5.74) is 0. The summed E-state index contributed by atoms with van der Waals surface area (Å²) >= 11 is 0. The molecule has 1 aliphatic rings. The van der Waals surface area contributed by atoms with E-state index in [1.54, 1.807) is 0 Å². The molecule has 1 fully saturated rings. The lowest BCUT2D eigenvalue weighted by Crippen LogP contribution is -2.45. The molecular formula is C15H32N2. The van der Waals surface area contributed by atoms with Crippen molar-refractivity contribution in [3.8, 4) is 0 Å². The average Bonchev–Trinajstić information content (AvgIpc) is 2.77. The van der Waals surface area contributed by atoms with Crippen molar-refractivity contribution in [2.24, 2.45) is 11.8 Å². The smallest absolute Gasteiger partial charge is 0.0220 e. The summed E-state index contributed by atoms with van der Waals surface area (Å²) < 4.78 is 0. The van der Waals surface area contributed by atoms with Gasteiger partial charge in [-0.05, 0) is 52.1 Å². The molecule has 1 saturated carbocycles. The van der Waals surface area contributed by atoms with Gasteiger partial charge < -0.3 is 10.2 Å². The topological polar surface area (TPSA) is 15.3 Å². The van der Waals surface area contributed by atoms with Crippen molar-refractivity contribution in [1.82, 2.24) is 10.2 Å². The van der Waals surface area contributed by atoms with Crippen molar-refractivity contribution in [3.63, 3.8) is 0 Å². The number of nitrogens with zero attached hydrogens (tertiary/aromatic N) is 1. The minimum Gasteiger partial charge on any atom is -0.315 e. The number of likely N-dealkylation sites (N-methyl/N-ethyl adjacent to an activating group) is 2. The van der Waals surface area contributed by atoms with Crippen LogP contribution >= 0.6 is 0 Å². The first-order valence-corrected chi connectivity index (χ1v) is 7.42. The van der Waals surface area contributed by atoms with Gasteiger partial charge in [0.05, 0.1) is 0 Å². The maximum Gasteiger partial charge on any atom is 0.0220 e. The minimum atomic E-state index is 0.692. The molecule has 1 aliphatic carbocycles. The Hall–Kier alpha value is -0.0800. The Morgan fingerprint density at radius 3 is 2.24 bits per heavy atom. The molecule has 0 amide bonds. The highest BCUT2D eigenvalue weighted by molar-refractivity contribution is 4.83. The second-order valence-corrected chi connectivity index (χ2v) is 6.36. The zero-order chi connectivity index (χ0) is 12.8. The lowest BCUT2D eigenvalue weighted by atomic mass is 9.96. The van der Waals surface area contributed by atoms with Crippen molar-refractivity contribution in [3.05, 3.63) is 0 Å². The van der Waals surface area contributed by atoms with Gasteiger partial charge in [-0.3, -0.25) is 0 Å². The summed E-state index contributed by atoms with van der Waals surface area (Å²) in [7, 11) is 4.41. The van der Waals surface area contributed by atoms with Crippen molar-refractivity contribution in [2.75, 3.05) is 20.6 Å². The molecule has 1 rings (SSSR count). The molecule has 0 aromatic heterocycles. The summed E-state index contributed by atoms with van der Waals surface area (Å²) in [4.78, 5) is 2.54. The fourth-order valence-corrected chi connectivity index (χ4v) is 3.19. The van der Waals surface area contributed by atoms with Crippen LogP contribution in [0.15, 0.2) is 0 Å². The van der Waals surface area contributed by atoms with Gasteiger partial charge in [0.15, 0.2) is 0 Å². The number of nitrogens with one attached hydrogen (secondary N) is 1.